The van der Waals surface area contributed by atoms with Gasteiger partial charge in [-0.3, -0.25) is 0 Å². The number of hydrogen-bond donors (Lipinski definition) is 1. The lowest BCUT2D eigenvalue weighted by atomic mass is 9.93. The molecule has 2 N–H and O–H groups in total. The number of hydrogen-bond acceptors (Lipinski definition) is 2. The molecular formula is C13H18ClNO. The number of aryl methyl sites for hydroxylation is 1. The molecule has 1 aliphatic heterocycles. The first-order valence-corrected chi connectivity index (χ1v) is 6.06. The van der Waals surface area contributed by atoms with Crippen LogP contribution in [-0.4, -0.2) is 12.1 Å². The van der Waals surface area contributed by atoms with E-state index in [1.165, 1.54) is 11.1 Å². The molecule has 0 aromatic heterocycles. The Bertz CT molecular complexity index is 396. The van der Waals surface area contributed by atoms with E-state index in [0.717, 1.165) is 36.6 Å². The normalized spacial score (nSPS) is 15.5. The fourth-order valence-electron chi connectivity index (χ4n) is 2.13. The molecule has 2 rings (SSSR count). The Hall–Kier alpha value is -0.730. The molecule has 0 saturated heterocycles. The van der Waals surface area contributed by atoms with Crippen LogP contribution in [0.3, 0.4) is 0 Å². The first kappa shape index (κ1) is 11.7. The van der Waals surface area contributed by atoms with Crippen molar-refractivity contribution < 1.29 is 4.74 Å². The highest BCUT2D eigenvalue weighted by atomic mass is 35.5. The molecule has 16 heavy (non-hydrogen) atoms. The minimum atomic E-state index is -0.201. The van der Waals surface area contributed by atoms with Gasteiger partial charge in [0.05, 0.1) is 11.6 Å². The van der Waals surface area contributed by atoms with Gasteiger partial charge in [-0.25, -0.2) is 0 Å². The first-order chi connectivity index (χ1) is 7.46. The van der Waals surface area contributed by atoms with Crippen LogP contribution in [0.1, 0.15) is 31.4 Å². The maximum Gasteiger partial charge on any atom is 0.141 e. The zero-order valence-corrected chi connectivity index (χ0v) is 10.6. The molecule has 0 bridgehead atoms. The number of benzene rings is 1. The van der Waals surface area contributed by atoms with Crippen molar-refractivity contribution in [2.75, 3.05) is 6.61 Å². The van der Waals surface area contributed by atoms with Gasteiger partial charge in [-0.05, 0) is 50.3 Å². The predicted octanol–water partition coefficient (Wildman–Crippen LogP) is 2.94. The Balaban J connectivity index is 2.32. The predicted molar refractivity (Wildman–Crippen MR) is 67.2 cm³/mol. The van der Waals surface area contributed by atoms with Crippen molar-refractivity contribution in [3.05, 3.63) is 28.3 Å². The zero-order chi connectivity index (χ0) is 11.8. The van der Waals surface area contributed by atoms with Crippen molar-refractivity contribution in [1.29, 1.82) is 0 Å². The second kappa shape index (κ2) is 4.27. The molecule has 0 amide bonds. The van der Waals surface area contributed by atoms with Gasteiger partial charge in [-0.15, -0.1) is 0 Å². The first-order valence-electron chi connectivity index (χ1n) is 5.69. The smallest absolute Gasteiger partial charge is 0.141 e. The molecule has 0 radical (unpaired) electrons. The molecule has 1 aromatic carbocycles. The lowest BCUT2D eigenvalue weighted by molar-refractivity contribution is 0.288. The monoisotopic (exact) mass is 239 g/mol. The van der Waals surface area contributed by atoms with E-state index in [2.05, 4.69) is 6.07 Å². The van der Waals surface area contributed by atoms with E-state index in [1.807, 2.05) is 19.9 Å². The van der Waals surface area contributed by atoms with Crippen molar-refractivity contribution in [2.24, 2.45) is 5.73 Å². The fraction of sp³-hybridized carbons (Fsp3) is 0.538. The quantitative estimate of drug-likeness (QED) is 0.861. The van der Waals surface area contributed by atoms with Gasteiger partial charge in [-0.1, -0.05) is 17.7 Å². The molecule has 0 aliphatic carbocycles. The van der Waals surface area contributed by atoms with Gasteiger partial charge >= 0.3 is 0 Å². The van der Waals surface area contributed by atoms with Crippen LogP contribution in [0.2, 0.25) is 5.02 Å². The average molecular weight is 240 g/mol. The second-order valence-electron chi connectivity index (χ2n) is 5.18. The maximum atomic E-state index is 6.21. The Kier molecular flexibility index (Phi) is 3.13. The molecule has 1 aromatic rings. The van der Waals surface area contributed by atoms with Gasteiger partial charge in [0.1, 0.15) is 5.75 Å². The van der Waals surface area contributed by atoms with Crippen LogP contribution in [0.25, 0.3) is 0 Å². The highest BCUT2D eigenvalue weighted by Crippen LogP contribution is 2.34. The molecular weight excluding hydrogens is 222 g/mol. The summed E-state index contributed by atoms with van der Waals surface area (Å²) >= 11 is 6.21. The van der Waals surface area contributed by atoms with E-state index in [4.69, 9.17) is 22.1 Å². The summed E-state index contributed by atoms with van der Waals surface area (Å²) in [5.41, 5.74) is 8.23. The molecule has 0 saturated carbocycles. The number of nitrogens with two attached hydrogens (primary N) is 1. The summed E-state index contributed by atoms with van der Waals surface area (Å²) in [6.07, 6.45) is 2.95. The molecule has 0 unspecified atom stereocenters. The van der Waals surface area contributed by atoms with E-state index in [1.54, 1.807) is 0 Å². The summed E-state index contributed by atoms with van der Waals surface area (Å²) in [6, 6.07) is 4.15. The summed E-state index contributed by atoms with van der Waals surface area (Å²) in [5.74, 6) is 0.867. The van der Waals surface area contributed by atoms with Gasteiger partial charge in [0, 0.05) is 5.54 Å². The van der Waals surface area contributed by atoms with Crippen molar-refractivity contribution in [1.82, 2.24) is 0 Å². The highest BCUT2D eigenvalue weighted by molar-refractivity contribution is 6.32. The summed E-state index contributed by atoms with van der Waals surface area (Å²) in [6.45, 7) is 4.82. The third-order valence-corrected chi connectivity index (χ3v) is 2.96. The minimum absolute atomic E-state index is 0.201. The molecule has 1 heterocycles. The summed E-state index contributed by atoms with van der Waals surface area (Å²) in [5, 5.41) is 0.719. The highest BCUT2D eigenvalue weighted by Gasteiger charge is 2.18. The number of ether oxygens (including phenoxy) is 1. The third-order valence-electron chi connectivity index (χ3n) is 2.68. The summed E-state index contributed by atoms with van der Waals surface area (Å²) in [7, 11) is 0. The number of fused-ring (bicyclic) bond motifs is 1. The van der Waals surface area contributed by atoms with Crippen LogP contribution in [0.15, 0.2) is 12.1 Å². The lowest BCUT2D eigenvalue weighted by Crippen LogP contribution is -2.34. The van der Waals surface area contributed by atoms with Crippen LogP contribution in [0.4, 0.5) is 0 Å². The lowest BCUT2D eigenvalue weighted by Gasteiger charge is -2.22. The van der Waals surface area contributed by atoms with E-state index >= 15 is 0 Å². The maximum absolute atomic E-state index is 6.21. The van der Waals surface area contributed by atoms with Crippen molar-refractivity contribution in [3.63, 3.8) is 0 Å². The molecule has 88 valence electrons. The second-order valence-corrected chi connectivity index (χ2v) is 5.59. The van der Waals surface area contributed by atoms with Crippen molar-refractivity contribution in [2.45, 2.75) is 38.6 Å². The SMILES string of the molecule is CC(C)(N)Cc1cc(Cl)c2c(c1)CCCO2. The molecule has 0 fully saturated rings. The third kappa shape index (κ3) is 2.69. The van der Waals surface area contributed by atoms with E-state index in [0.29, 0.717) is 0 Å². The topological polar surface area (TPSA) is 35.2 Å². The number of halogens is 1. The van der Waals surface area contributed by atoms with Crippen LogP contribution in [0.5, 0.6) is 5.75 Å². The minimum Gasteiger partial charge on any atom is -0.492 e. The van der Waals surface area contributed by atoms with Gasteiger partial charge in [-0.2, -0.15) is 0 Å². The zero-order valence-electron chi connectivity index (χ0n) is 9.85. The van der Waals surface area contributed by atoms with Crippen LogP contribution in [-0.2, 0) is 12.8 Å². The summed E-state index contributed by atoms with van der Waals surface area (Å²) in [4.78, 5) is 0. The molecule has 0 spiro atoms. The molecule has 1 aliphatic rings. The Morgan fingerprint density at radius 3 is 2.88 bits per heavy atom. The standard InChI is InChI=1S/C13H18ClNO/c1-13(2,15)8-9-6-10-4-3-5-16-12(10)11(14)7-9/h6-7H,3-5,8,15H2,1-2H3. The van der Waals surface area contributed by atoms with Crippen LogP contribution < -0.4 is 10.5 Å². The average Bonchev–Trinajstić information content (AvgIpc) is 2.15. The molecule has 0 atom stereocenters. The Morgan fingerprint density at radius 1 is 1.44 bits per heavy atom. The Labute approximate surface area is 102 Å². The van der Waals surface area contributed by atoms with Gasteiger partial charge in [0.25, 0.3) is 0 Å². The van der Waals surface area contributed by atoms with E-state index < -0.39 is 0 Å². The van der Waals surface area contributed by atoms with Crippen LogP contribution >= 0.6 is 11.6 Å². The summed E-state index contributed by atoms with van der Waals surface area (Å²) < 4.78 is 5.58. The van der Waals surface area contributed by atoms with Crippen LogP contribution in [0, 0.1) is 0 Å². The van der Waals surface area contributed by atoms with Crippen molar-refractivity contribution >= 4 is 11.6 Å². The van der Waals surface area contributed by atoms with Crippen molar-refractivity contribution in [3.8, 4) is 5.75 Å². The van der Waals surface area contributed by atoms with Gasteiger partial charge in [0.2, 0.25) is 0 Å². The largest absolute Gasteiger partial charge is 0.492 e. The molecule has 3 heteroatoms. The fourth-order valence-corrected chi connectivity index (χ4v) is 2.44. The Morgan fingerprint density at radius 2 is 2.19 bits per heavy atom. The van der Waals surface area contributed by atoms with E-state index in [-0.39, 0.29) is 5.54 Å². The van der Waals surface area contributed by atoms with Gasteiger partial charge < -0.3 is 10.5 Å². The van der Waals surface area contributed by atoms with E-state index in [9.17, 15) is 0 Å². The molecule has 2 nitrogen and oxygen atoms in total. The number of rotatable bonds is 2. The van der Waals surface area contributed by atoms with Gasteiger partial charge in [0.15, 0.2) is 0 Å².